The first-order chi connectivity index (χ1) is 16.0. The summed E-state index contributed by atoms with van der Waals surface area (Å²) in [6.45, 7) is 3.30. The number of aliphatic hydroxyl groups is 1. The minimum atomic E-state index is -1.23. The van der Waals surface area contributed by atoms with Crippen LogP contribution in [0.4, 0.5) is 18.9 Å². The van der Waals surface area contributed by atoms with Crippen LogP contribution < -0.4 is 11.1 Å². The maximum absolute atomic E-state index is 14.4. The quantitative estimate of drug-likeness (QED) is 0.534. The Labute approximate surface area is 193 Å². The Kier molecular flexibility index (Phi) is 6.19. The molecule has 4 rings (SSSR count). The predicted molar refractivity (Wildman–Crippen MR) is 117 cm³/mol. The number of benzene rings is 1. The van der Waals surface area contributed by atoms with Gasteiger partial charge in [-0.2, -0.15) is 5.10 Å². The molecule has 0 saturated carbocycles. The third-order valence-electron chi connectivity index (χ3n) is 6.23. The summed E-state index contributed by atoms with van der Waals surface area (Å²) in [5.41, 5.74) is 4.18. The van der Waals surface area contributed by atoms with Crippen LogP contribution in [-0.4, -0.2) is 43.5 Å². The number of pyridine rings is 1. The lowest BCUT2D eigenvalue weighted by molar-refractivity contribution is -0.172. The highest BCUT2D eigenvalue weighted by atomic mass is 19.1. The summed E-state index contributed by atoms with van der Waals surface area (Å²) in [4.78, 5) is 16.8. The zero-order chi connectivity index (χ0) is 24.8. The van der Waals surface area contributed by atoms with Gasteiger partial charge in [-0.05, 0) is 44.5 Å². The number of nitrogens with two attached hydrogens (primary N) is 1. The largest absolute Gasteiger partial charge is 0.386 e. The molecule has 11 heteroatoms. The molecule has 1 aromatic carbocycles. The van der Waals surface area contributed by atoms with E-state index in [1.54, 1.807) is 20.9 Å². The predicted octanol–water partition coefficient (Wildman–Crippen LogP) is 3.08. The van der Waals surface area contributed by atoms with E-state index in [0.717, 1.165) is 30.3 Å². The van der Waals surface area contributed by atoms with Gasteiger partial charge in [0.1, 0.15) is 40.5 Å². The molecule has 1 fully saturated rings. The van der Waals surface area contributed by atoms with Crippen LogP contribution in [0.2, 0.25) is 0 Å². The van der Waals surface area contributed by atoms with Crippen molar-refractivity contribution in [2.24, 2.45) is 12.8 Å². The first kappa shape index (κ1) is 23.9. The van der Waals surface area contributed by atoms with Crippen molar-refractivity contribution < 1.29 is 27.8 Å². The average Bonchev–Trinajstić information content (AvgIpc) is 3.13. The van der Waals surface area contributed by atoms with Crippen molar-refractivity contribution in [3.8, 4) is 11.3 Å². The van der Waals surface area contributed by atoms with E-state index in [2.05, 4.69) is 15.4 Å². The van der Waals surface area contributed by atoms with Crippen LogP contribution in [0.25, 0.3) is 11.3 Å². The smallest absolute Gasteiger partial charge is 0.274 e. The minimum absolute atomic E-state index is 0.258. The van der Waals surface area contributed by atoms with Crippen molar-refractivity contribution in [1.82, 2.24) is 14.8 Å². The zero-order valence-corrected chi connectivity index (χ0v) is 18.7. The number of carbonyl (C=O) groups excluding carboxylic acids is 1. The van der Waals surface area contributed by atoms with Crippen LogP contribution >= 0.6 is 0 Å². The Morgan fingerprint density at radius 3 is 2.56 bits per heavy atom. The van der Waals surface area contributed by atoms with Gasteiger partial charge < -0.3 is 20.9 Å². The zero-order valence-electron chi connectivity index (χ0n) is 18.7. The fraction of sp³-hybridized carbons (Fsp3) is 0.348. The highest BCUT2D eigenvalue weighted by Gasteiger charge is 2.44. The molecule has 8 nitrogen and oxygen atoms in total. The molecule has 4 atom stereocenters. The molecule has 0 spiro atoms. The van der Waals surface area contributed by atoms with Gasteiger partial charge in [0.2, 0.25) is 0 Å². The second-order valence-electron chi connectivity index (χ2n) is 8.48. The van der Waals surface area contributed by atoms with E-state index in [4.69, 9.17) is 10.5 Å². The van der Waals surface area contributed by atoms with Gasteiger partial charge in [-0.25, -0.2) is 18.2 Å². The second-order valence-corrected chi connectivity index (χ2v) is 8.48. The maximum atomic E-state index is 14.4. The monoisotopic (exact) mass is 475 g/mol. The molecular formula is C23H24F3N5O3. The summed E-state index contributed by atoms with van der Waals surface area (Å²) >= 11 is 0. The number of carbonyl (C=O) groups is 1. The lowest BCUT2D eigenvalue weighted by Gasteiger charge is -2.43. The number of hydrogen-bond donors (Lipinski definition) is 3. The van der Waals surface area contributed by atoms with E-state index in [0.29, 0.717) is 11.4 Å². The molecule has 3 aromatic rings. The highest BCUT2D eigenvalue weighted by Crippen LogP contribution is 2.38. The van der Waals surface area contributed by atoms with Crippen LogP contribution in [0, 0.1) is 17.5 Å². The number of aryl methyl sites for hydroxylation is 1. The Morgan fingerprint density at radius 2 is 1.91 bits per heavy atom. The summed E-state index contributed by atoms with van der Waals surface area (Å²) in [7, 11) is 1.66. The number of anilines is 1. The van der Waals surface area contributed by atoms with Gasteiger partial charge in [0, 0.05) is 13.1 Å². The van der Waals surface area contributed by atoms with Crippen LogP contribution in [0.1, 0.15) is 42.6 Å². The summed E-state index contributed by atoms with van der Waals surface area (Å²) < 4.78 is 50.2. The van der Waals surface area contributed by atoms with Gasteiger partial charge in [-0.15, -0.1) is 0 Å². The van der Waals surface area contributed by atoms with Crippen molar-refractivity contribution in [1.29, 1.82) is 0 Å². The standard InChI is InChI=1S/C23H24F3N5O3/c1-11-23(2,33)18(27)9-17(34-11)21-16(10-28-31(21)3)30-22(32)15-8-7-14(26)20(29-15)19-12(24)5-4-6-13(19)25/h4-8,10-11,17-18,33H,9,27H2,1-3H3,(H,30,32)/t11-,17?,18-,23-/m0/s1. The minimum Gasteiger partial charge on any atom is -0.386 e. The summed E-state index contributed by atoms with van der Waals surface area (Å²) in [6, 6.07) is 4.53. The molecule has 0 bridgehead atoms. The molecule has 180 valence electrons. The summed E-state index contributed by atoms with van der Waals surface area (Å²) in [6.07, 6.45) is 0.514. The molecule has 0 radical (unpaired) electrons. The van der Waals surface area contributed by atoms with Crippen LogP contribution in [0.15, 0.2) is 36.5 Å². The third kappa shape index (κ3) is 4.17. The van der Waals surface area contributed by atoms with Crippen molar-refractivity contribution in [3.63, 3.8) is 0 Å². The second kappa shape index (κ2) is 8.82. The summed E-state index contributed by atoms with van der Waals surface area (Å²) in [5, 5.41) is 17.3. The number of aromatic nitrogens is 3. The Bertz CT molecular complexity index is 1210. The molecule has 1 saturated heterocycles. The van der Waals surface area contributed by atoms with E-state index in [1.807, 2.05) is 0 Å². The molecule has 1 amide bonds. The van der Waals surface area contributed by atoms with Gasteiger partial charge in [0.25, 0.3) is 5.91 Å². The van der Waals surface area contributed by atoms with Crippen molar-refractivity contribution >= 4 is 11.6 Å². The lowest BCUT2D eigenvalue weighted by atomic mass is 9.84. The number of ether oxygens (including phenoxy) is 1. The molecule has 1 aliphatic rings. The van der Waals surface area contributed by atoms with E-state index in [1.165, 1.54) is 10.9 Å². The number of amides is 1. The molecular weight excluding hydrogens is 451 g/mol. The van der Waals surface area contributed by atoms with Gasteiger partial charge in [0.15, 0.2) is 0 Å². The van der Waals surface area contributed by atoms with Gasteiger partial charge in [-0.3, -0.25) is 9.48 Å². The topological polar surface area (TPSA) is 115 Å². The van der Waals surface area contributed by atoms with Crippen LogP contribution in [0.5, 0.6) is 0 Å². The van der Waals surface area contributed by atoms with Crippen LogP contribution in [0.3, 0.4) is 0 Å². The van der Waals surface area contributed by atoms with E-state index in [9.17, 15) is 23.1 Å². The highest BCUT2D eigenvalue weighted by molar-refractivity contribution is 6.03. The van der Waals surface area contributed by atoms with E-state index in [-0.39, 0.29) is 12.1 Å². The van der Waals surface area contributed by atoms with Crippen molar-refractivity contribution in [2.75, 3.05) is 5.32 Å². The van der Waals surface area contributed by atoms with E-state index >= 15 is 0 Å². The molecule has 4 N–H and O–H groups in total. The first-order valence-electron chi connectivity index (χ1n) is 10.6. The Morgan fingerprint density at radius 1 is 1.24 bits per heavy atom. The molecule has 3 heterocycles. The number of nitrogens with one attached hydrogen (secondary N) is 1. The molecule has 34 heavy (non-hydrogen) atoms. The Balaban J connectivity index is 1.63. The number of nitrogens with zero attached hydrogens (tertiary/aromatic N) is 3. The normalized spacial score (nSPS) is 24.8. The molecule has 2 aromatic heterocycles. The summed E-state index contributed by atoms with van der Waals surface area (Å²) in [5.74, 6) is -3.73. The molecule has 1 unspecified atom stereocenters. The maximum Gasteiger partial charge on any atom is 0.274 e. The SMILES string of the molecule is C[C@@H]1OC(c2c(NC(=O)c3ccc(F)c(-c4c(F)cccc4F)n3)cnn2C)C[C@H](N)[C@@]1(C)O. The number of halogens is 3. The van der Waals surface area contributed by atoms with Crippen molar-refractivity contribution in [3.05, 3.63) is 65.4 Å². The van der Waals surface area contributed by atoms with Gasteiger partial charge >= 0.3 is 0 Å². The average molecular weight is 475 g/mol. The Hall–Kier alpha value is -3.28. The molecule has 1 aliphatic heterocycles. The first-order valence-corrected chi connectivity index (χ1v) is 10.6. The van der Waals surface area contributed by atoms with Gasteiger partial charge in [-0.1, -0.05) is 6.07 Å². The molecule has 0 aliphatic carbocycles. The third-order valence-corrected chi connectivity index (χ3v) is 6.23. The van der Waals surface area contributed by atoms with E-state index < -0.39 is 58.5 Å². The number of hydrogen-bond acceptors (Lipinski definition) is 6. The van der Waals surface area contributed by atoms with Crippen LogP contribution in [-0.2, 0) is 11.8 Å². The van der Waals surface area contributed by atoms with Crippen molar-refractivity contribution in [2.45, 2.75) is 44.1 Å². The number of rotatable bonds is 4. The van der Waals surface area contributed by atoms with Gasteiger partial charge in [0.05, 0.1) is 29.2 Å². The fourth-order valence-corrected chi connectivity index (χ4v) is 3.97. The fourth-order valence-electron chi connectivity index (χ4n) is 3.97. The lowest BCUT2D eigenvalue weighted by Crippen LogP contribution is -2.58.